The van der Waals surface area contributed by atoms with Gasteiger partial charge in [0.2, 0.25) is 0 Å². The highest BCUT2D eigenvalue weighted by atomic mass is 16.5. The summed E-state index contributed by atoms with van der Waals surface area (Å²) in [6, 6.07) is 9.02. The molecule has 0 aliphatic heterocycles. The lowest BCUT2D eigenvalue weighted by Crippen LogP contribution is -2.09. The normalized spacial score (nSPS) is 10.9. The minimum atomic E-state index is -1.06. The molecule has 0 aliphatic rings. The van der Waals surface area contributed by atoms with Crippen LogP contribution in [-0.4, -0.2) is 24.2 Å². The van der Waals surface area contributed by atoms with Gasteiger partial charge in [-0.1, -0.05) is 30.3 Å². The minimum absolute atomic E-state index is 0.126. The van der Waals surface area contributed by atoms with E-state index in [9.17, 15) is 9.59 Å². The van der Waals surface area contributed by atoms with Crippen LogP contribution < -0.4 is 0 Å². The first-order chi connectivity index (χ1) is 7.63. The van der Waals surface area contributed by atoms with Gasteiger partial charge in [-0.3, -0.25) is 4.79 Å². The molecule has 0 heterocycles. The fourth-order valence-electron chi connectivity index (χ4n) is 1.23. The third-order valence-corrected chi connectivity index (χ3v) is 1.93. The van der Waals surface area contributed by atoms with E-state index in [1.165, 1.54) is 13.2 Å². The van der Waals surface area contributed by atoms with Crippen LogP contribution in [0.4, 0.5) is 0 Å². The highest BCUT2D eigenvalue weighted by Crippen LogP contribution is 2.11. The number of hydrogen-bond acceptors (Lipinski definition) is 3. The van der Waals surface area contributed by atoms with Crippen LogP contribution in [0.25, 0.3) is 6.08 Å². The van der Waals surface area contributed by atoms with Crippen LogP contribution in [0.2, 0.25) is 0 Å². The summed E-state index contributed by atoms with van der Waals surface area (Å²) in [5.41, 5.74) is 0.894. The molecule has 4 heteroatoms. The van der Waals surface area contributed by atoms with Gasteiger partial charge in [0.15, 0.2) is 0 Å². The number of methoxy groups -OCH3 is 1. The average Bonchev–Trinajstić information content (AvgIpc) is 2.28. The molecule has 4 nitrogen and oxygen atoms in total. The molecule has 0 saturated heterocycles. The molecular weight excluding hydrogens is 208 g/mol. The van der Waals surface area contributed by atoms with Gasteiger partial charge in [-0.05, 0) is 11.6 Å². The zero-order valence-corrected chi connectivity index (χ0v) is 8.84. The highest BCUT2D eigenvalue weighted by Gasteiger charge is 2.13. The number of carboxylic acid groups (broad SMARTS) is 1. The second kappa shape index (κ2) is 5.70. The van der Waals surface area contributed by atoms with E-state index >= 15 is 0 Å². The Morgan fingerprint density at radius 2 is 1.94 bits per heavy atom. The zero-order chi connectivity index (χ0) is 12.0. The van der Waals surface area contributed by atoms with E-state index in [0.717, 1.165) is 5.56 Å². The molecule has 0 aromatic heterocycles. The molecule has 1 aromatic carbocycles. The molecule has 0 aliphatic carbocycles. The third kappa shape index (κ3) is 3.57. The molecule has 1 rings (SSSR count). The van der Waals surface area contributed by atoms with Gasteiger partial charge in [0.1, 0.15) is 0 Å². The Bertz CT molecular complexity index is 406. The Balaban J connectivity index is 2.96. The summed E-state index contributed by atoms with van der Waals surface area (Å²) in [5, 5.41) is 8.66. The number of ether oxygens (including phenoxy) is 1. The van der Waals surface area contributed by atoms with Gasteiger partial charge in [-0.25, -0.2) is 4.79 Å². The number of rotatable bonds is 4. The van der Waals surface area contributed by atoms with Crippen molar-refractivity contribution < 1.29 is 19.4 Å². The molecule has 0 unspecified atom stereocenters. The van der Waals surface area contributed by atoms with Crippen molar-refractivity contribution in [2.75, 3.05) is 7.11 Å². The molecule has 0 bridgehead atoms. The number of hydrogen-bond donors (Lipinski definition) is 1. The van der Waals surface area contributed by atoms with Crippen LogP contribution in [-0.2, 0) is 14.3 Å². The van der Waals surface area contributed by atoms with Crippen molar-refractivity contribution in [2.24, 2.45) is 0 Å². The smallest absolute Gasteiger partial charge is 0.334 e. The Kier molecular flexibility index (Phi) is 4.27. The summed E-state index contributed by atoms with van der Waals surface area (Å²) in [4.78, 5) is 21.9. The zero-order valence-electron chi connectivity index (χ0n) is 8.84. The van der Waals surface area contributed by atoms with E-state index in [4.69, 9.17) is 5.11 Å². The molecule has 1 aromatic rings. The second-order valence-corrected chi connectivity index (χ2v) is 3.14. The average molecular weight is 220 g/mol. The van der Waals surface area contributed by atoms with Gasteiger partial charge in [0.25, 0.3) is 0 Å². The summed E-state index contributed by atoms with van der Waals surface area (Å²) in [6.07, 6.45) is 1.17. The largest absolute Gasteiger partial charge is 0.481 e. The maximum atomic E-state index is 11.3. The molecule has 84 valence electrons. The van der Waals surface area contributed by atoms with Crippen LogP contribution >= 0.6 is 0 Å². The number of carboxylic acids is 1. The Morgan fingerprint density at radius 1 is 1.31 bits per heavy atom. The van der Waals surface area contributed by atoms with Gasteiger partial charge < -0.3 is 9.84 Å². The molecule has 0 radical (unpaired) electrons. The summed E-state index contributed by atoms with van der Waals surface area (Å²) in [7, 11) is 1.23. The fourth-order valence-corrected chi connectivity index (χ4v) is 1.23. The Morgan fingerprint density at radius 3 is 2.44 bits per heavy atom. The summed E-state index contributed by atoms with van der Waals surface area (Å²) >= 11 is 0. The molecule has 0 spiro atoms. The summed E-state index contributed by atoms with van der Waals surface area (Å²) < 4.78 is 4.51. The van der Waals surface area contributed by atoms with Gasteiger partial charge in [0.05, 0.1) is 13.5 Å². The van der Waals surface area contributed by atoms with Crippen molar-refractivity contribution in [2.45, 2.75) is 6.42 Å². The first kappa shape index (κ1) is 12.0. The quantitative estimate of drug-likeness (QED) is 0.619. The molecule has 1 N–H and O–H groups in total. The number of carbonyl (C=O) groups excluding carboxylic acids is 1. The lowest BCUT2D eigenvalue weighted by Gasteiger charge is -2.02. The van der Waals surface area contributed by atoms with Crippen LogP contribution in [0.3, 0.4) is 0 Å². The highest BCUT2D eigenvalue weighted by molar-refractivity contribution is 5.97. The predicted molar refractivity (Wildman–Crippen MR) is 58.7 cm³/mol. The van der Waals surface area contributed by atoms with Crippen molar-refractivity contribution >= 4 is 18.0 Å². The molecule has 16 heavy (non-hydrogen) atoms. The van der Waals surface area contributed by atoms with Crippen LogP contribution in [0, 0.1) is 0 Å². The predicted octanol–water partition coefficient (Wildman–Crippen LogP) is 1.72. The second-order valence-electron chi connectivity index (χ2n) is 3.14. The lowest BCUT2D eigenvalue weighted by molar-refractivity contribution is -0.141. The monoisotopic (exact) mass is 220 g/mol. The first-order valence-corrected chi connectivity index (χ1v) is 4.69. The van der Waals surface area contributed by atoms with Crippen molar-refractivity contribution in [3.05, 3.63) is 41.5 Å². The molecule has 0 atom stereocenters. The Hall–Kier alpha value is -2.10. The van der Waals surface area contributed by atoms with Crippen LogP contribution in [0.15, 0.2) is 35.9 Å². The lowest BCUT2D eigenvalue weighted by atomic mass is 10.1. The number of carbonyl (C=O) groups is 2. The topological polar surface area (TPSA) is 63.6 Å². The van der Waals surface area contributed by atoms with E-state index in [2.05, 4.69) is 4.74 Å². The van der Waals surface area contributed by atoms with E-state index in [1.807, 2.05) is 18.2 Å². The fraction of sp³-hybridized carbons (Fsp3) is 0.167. The number of aliphatic carboxylic acids is 1. The third-order valence-electron chi connectivity index (χ3n) is 1.93. The standard InChI is InChI=1S/C12H12O4/c1-16-12(15)10(8-11(13)14)7-9-5-3-2-4-6-9/h2-7H,8H2,1H3,(H,13,14). The van der Waals surface area contributed by atoms with Crippen LogP contribution in [0.1, 0.15) is 12.0 Å². The summed E-state index contributed by atoms with van der Waals surface area (Å²) in [6.45, 7) is 0. The molecular formula is C12H12O4. The van der Waals surface area contributed by atoms with Crippen molar-refractivity contribution in [3.8, 4) is 0 Å². The molecule has 0 amide bonds. The van der Waals surface area contributed by atoms with Crippen molar-refractivity contribution in [1.82, 2.24) is 0 Å². The Labute approximate surface area is 93.2 Å². The summed E-state index contributed by atoms with van der Waals surface area (Å²) in [5.74, 6) is -1.68. The van der Waals surface area contributed by atoms with E-state index in [1.54, 1.807) is 12.1 Å². The molecule has 0 saturated carbocycles. The van der Waals surface area contributed by atoms with E-state index in [0.29, 0.717) is 0 Å². The van der Waals surface area contributed by atoms with Gasteiger partial charge >= 0.3 is 11.9 Å². The van der Waals surface area contributed by atoms with E-state index in [-0.39, 0.29) is 12.0 Å². The van der Waals surface area contributed by atoms with Crippen molar-refractivity contribution in [1.29, 1.82) is 0 Å². The van der Waals surface area contributed by atoms with Gasteiger partial charge in [0, 0.05) is 5.57 Å². The number of benzene rings is 1. The maximum Gasteiger partial charge on any atom is 0.334 e. The van der Waals surface area contributed by atoms with Crippen LogP contribution in [0.5, 0.6) is 0 Å². The maximum absolute atomic E-state index is 11.3. The minimum Gasteiger partial charge on any atom is -0.481 e. The number of esters is 1. The first-order valence-electron chi connectivity index (χ1n) is 4.69. The molecule has 0 fully saturated rings. The van der Waals surface area contributed by atoms with Gasteiger partial charge in [-0.2, -0.15) is 0 Å². The van der Waals surface area contributed by atoms with Gasteiger partial charge in [-0.15, -0.1) is 0 Å². The van der Waals surface area contributed by atoms with Crippen molar-refractivity contribution in [3.63, 3.8) is 0 Å². The van der Waals surface area contributed by atoms with E-state index < -0.39 is 11.9 Å². The SMILES string of the molecule is COC(=O)C(=Cc1ccccc1)CC(=O)O.